The molecule has 0 N–H and O–H groups in total. The van der Waals surface area contributed by atoms with Crippen molar-refractivity contribution in [3.05, 3.63) is 45.0 Å². The van der Waals surface area contributed by atoms with Crippen LogP contribution in [0.4, 0.5) is 0 Å². The van der Waals surface area contributed by atoms with Crippen molar-refractivity contribution in [3.63, 3.8) is 0 Å². The summed E-state index contributed by atoms with van der Waals surface area (Å²) < 4.78 is 37.0. The van der Waals surface area contributed by atoms with Crippen molar-refractivity contribution in [1.29, 1.82) is 0 Å². The number of ether oxygens (including phenoxy) is 1. The van der Waals surface area contributed by atoms with Crippen LogP contribution in [0.1, 0.15) is 25.3 Å². The number of hydrogen-bond donors (Lipinski definition) is 0. The molecule has 2 aromatic heterocycles. The quantitative estimate of drug-likeness (QED) is 0.496. The van der Waals surface area contributed by atoms with Gasteiger partial charge in [0.2, 0.25) is 4.80 Å². The number of sulfonamides is 1. The van der Waals surface area contributed by atoms with Crippen LogP contribution in [0.3, 0.4) is 0 Å². The highest BCUT2D eigenvalue weighted by Gasteiger charge is 2.18. The van der Waals surface area contributed by atoms with Crippen LogP contribution in [0.15, 0.2) is 38.9 Å². The van der Waals surface area contributed by atoms with Crippen molar-refractivity contribution in [2.45, 2.75) is 36.9 Å². The second-order valence-corrected chi connectivity index (χ2v) is 10.6. The number of methoxy groups -OCH3 is 1. The van der Waals surface area contributed by atoms with Crippen LogP contribution in [0, 0.1) is 0 Å². The van der Waals surface area contributed by atoms with Gasteiger partial charge in [-0.15, -0.1) is 15.7 Å². The Morgan fingerprint density at radius 3 is 2.68 bits per heavy atom. The van der Waals surface area contributed by atoms with E-state index in [1.54, 1.807) is 4.57 Å². The first-order valence-corrected chi connectivity index (χ1v) is 12.0. The van der Waals surface area contributed by atoms with Crippen molar-refractivity contribution in [3.8, 4) is 0 Å². The van der Waals surface area contributed by atoms with Gasteiger partial charge in [-0.3, -0.25) is 4.79 Å². The van der Waals surface area contributed by atoms with E-state index >= 15 is 0 Å². The van der Waals surface area contributed by atoms with Gasteiger partial charge < -0.3 is 9.30 Å². The molecule has 10 heteroatoms. The molecule has 0 aliphatic rings. The number of rotatable bonds is 7. The number of esters is 1. The molecule has 0 unspecified atom stereocenters. The van der Waals surface area contributed by atoms with Gasteiger partial charge >= 0.3 is 5.97 Å². The Morgan fingerprint density at radius 1 is 1.25 bits per heavy atom. The number of benzene rings is 1. The minimum Gasteiger partial charge on any atom is -0.468 e. The van der Waals surface area contributed by atoms with E-state index < -0.39 is 16.0 Å². The van der Waals surface area contributed by atoms with E-state index in [1.807, 2.05) is 18.2 Å². The molecule has 0 bridgehead atoms. The number of thiazole rings is 1. The average Bonchev–Trinajstić information content (AvgIpc) is 3.24. The Hall–Kier alpha value is -1.68. The fourth-order valence-corrected chi connectivity index (χ4v) is 6.41. The van der Waals surface area contributed by atoms with Gasteiger partial charge in [0, 0.05) is 0 Å². The van der Waals surface area contributed by atoms with E-state index in [4.69, 9.17) is 16.3 Å². The highest BCUT2D eigenvalue weighted by molar-refractivity contribution is 7.92. The fourth-order valence-electron chi connectivity index (χ4n) is 2.65. The monoisotopic (exact) mass is 458 g/mol. The molecule has 150 valence electrons. The SMILES string of the molecule is CCCCc1ccc2c(c1)s/c(=N\S(=O)(=O)c1ccc(Cl)s1)n2CC(=O)OC. The molecule has 0 aliphatic carbocycles. The number of unbranched alkanes of at least 4 members (excludes halogenated alkanes) is 1. The van der Waals surface area contributed by atoms with Gasteiger partial charge in [0.25, 0.3) is 10.0 Å². The Labute approximate surface area is 176 Å². The summed E-state index contributed by atoms with van der Waals surface area (Å²) in [7, 11) is -2.64. The van der Waals surface area contributed by atoms with E-state index in [-0.39, 0.29) is 15.6 Å². The van der Waals surface area contributed by atoms with Crippen LogP contribution in [0.2, 0.25) is 4.34 Å². The first-order chi connectivity index (χ1) is 13.3. The lowest BCUT2D eigenvalue weighted by Crippen LogP contribution is -2.22. The molecule has 0 saturated carbocycles. The third-order valence-electron chi connectivity index (χ3n) is 4.08. The molecule has 3 aromatic rings. The van der Waals surface area contributed by atoms with Crippen molar-refractivity contribution >= 4 is 60.5 Å². The summed E-state index contributed by atoms with van der Waals surface area (Å²) >= 11 is 8.04. The van der Waals surface area contributed by atoms with E-state index in [0.717, 1.165) is 40.8 Å². The maximum Gasteiger partial charge on any atom is 0.325 e. The highest BCUT2D eigenvalue weighted by Crippen LogP contribution is 2.27. The van der Waals surface area contributed by atoms with Gasteiger partial charge in [0.15, 0.2) is 0 Å². The standard InChI is InChI=1S/C18H19ClN2O4S3/c1-3-4-5-12-6-7-13-14(10-12)26-18(21(13)11-16(22)25-2)20-28(23,24)17-9-8-15(19)27-17/h6-10H,3-5,11H2,1-2H3/b20-18-. The predicted molar refractivity (Wildman–Crippen MR) is 113 cm³/mol. The largest absolute Gasteiger partial charge is 0.468 e. The lowest BCUT2D eigenvalue weighted by atomic mass is 10.1. The summed E-state index contributed by atoms with van der Waals surface area (Å²) in [4.78, 5) is 12.1. The second kappa shape index (κ2) is 8.77. The first kappa shape index (κ1) is 21.0. The van der Waals surface area contributed by atoms with E-state index in [1.165, 1.54) is 36.1 Å². The Kier molecular flexibility index (Phi) is 6.59. The summed E-state index contributed by atoms with van der Waals surface area (Å²) in [6.07, 6.45) is 3.11. The second-order valence-electron chi connectivity index (χ2n) is 6.08. The number of halogens is 1. The van der Waals surface area contributed by atoms with Gasteiger partial charge in [-0.25, -0.2) is 0 Å². The molecule has 0 aliphatic heterocycles. The van der Waals surface area contributed by atoms with Crippen LogP contribution < -0.4 is 4.80 Å². The smallest absolute Gasteiger partial charge is 0.325 e. The van der Waals surface area contributed by atoms with Gasteiger partial charge in [0.1, 0.15) is 10.8 Å². The molecule has 0 radical (unpaired) electrons. The molecular weight excluding hydrogens is 440 g/mol. The number of thiophene rings is 1. The molecule has 0 spiro atoms. The van der Waals surface area contributed by atoms with Gasteiger partial charge in [-0.2, -0.15) is 8.42 Å². The summed E-state index contributed by atoms with van der Waals surface area (Å²) in [6, 6.07) is 8.86. The maximum absolute atomic E-state index is 12.7. The predicted octanol–water partition coefficient (Wildman–Crippen LogP) is 4.22. The number of fused-ring (bicyclic) bond motifs is 1. The lowest BCUT2D eigenvalue weighted by Gasteiger charge is -2.05. The van der Waals surface area contributed by atoms with Gasteiger partial charge in [-0.05, 0) is 42.7 Å². The molecule has 2 heterocycles. The molecule has 3 rings (SSSR count). The van der Waals surface area contributed by atoms with E-state index in [9.17, 15) is 13.2 Å². The van der Waals surface area contributed by atoms with E-state index in [2.05, 4.69) is 11.3 Å². The molecule has 6 nitrogen and oxygen atoms in total. The zero-order chi connectivity index (χ0) is 20.3. The molecule has 0 saturated heterocycles. The van der Waals surface area contributed by atoms with E-state index in [0.29, 0.717) is 4.34 Å². The lowest BCUT2D eigenvalue weighted by molar-refractivity contribution is -0.141. The third-order valence-corrected chi connectivity index (χ3v) is 8.20. The molecular formula is C18H19ClN2O4S3. The van der Waals surface area contributed by atoms with Crippen LogP contribution in [0.25, 0.3) is 10.2 Å². The molecule has 0 atom stereocenters. The first-order valence-electron chi connectivity index (χ1n) is 8.59. The zero-order valence-corrected chi connectivity index (χ0v) is 18.6. The Bertz CT molecular complexity index is 1180. The number of carbonyl (C=O) groups is 1. The van der Waals surface area contributed by atoms with Crippen molar-refractivity contribution < 1.29 is 17.9 Å². The number of hydrogen-bond acceptors (Lipinski definition) is 6. The Balaban J connectivity index is 2.16. The minimum atomic E-state index is -3.93. The van der Waals surface area contributed by atoms with Crippen LogP contribution in [-0.2, 0) is 32.5 Å². The molecule has 1 aromatic carbocycles. The van der Waals surface area contributed by atoms with Crippen molar-refractivity contribution in [2.75, 3.05) is 7.11 Å². The summed E-state index contributed by atoms with van der Waals surface area (Å²) in [5.74, 6) is -0.479. The number of carbonyl (C=O) groups excluding carboxylic acids is 1. The van der Waals surface area contributed by atoms with Gasteiger partial charge in [0.05, 0.1) is 21.7 Å². The normalized spacial score (nSPS) is 12.6. The number of aryl methyl sites for hydroxylation is 1. The van der Waals surface area contributed by atoms with Crippen LogP contribution in [0.5, 0.6) is 0 Å². The van der Waals surface area contributed by atoms with Crippen LogP contribution >= 0.6 is 34.3 Å². The van der Waals surface area contributed by atoms with Crippen molar-refractivity contribution in [1.82, 2.24) is 4.57 Å². The summed E-state index contributed by atoms with van der Waals surface area (Å²) in [5, 5.41) is 0. The summed E-state index contributed by atoms with van der Waals surface area (Å²) in [6.45, 7) is 2.01. The van der Waals surface area contributed by atoms with Crippen molar-refractivity contribution in [2.24, 2.45) is 4.40 Å². The highest BCUT2D eigenvalue weighted by atomic mass is 35.5. The molecule has 0 fully saturated rings. The third kappa shape index (κ3) is 4.65. The minimum absolute atomic E-state index is 0.0585. The average molecular weight is 459 g/mol. The number of nitrogens with zero attached hydrogens (tertiary/aromatic N) is 2. The zero-order valence-electron chi connectivity index (χ0n) is 15.3. The molecule has 0 amide bonds. The Morgan fingerprint density at radius 2 is 2.04 bits per heavy atom. The summed E-state index contributed by atoms with van der Waals surface area (Å²) in [5.41, 5.74) is 1.91. The number of aromatic nitrogens is 1. The van der Waals surface area contributed by atoms with Crippen LogP contribution in [-0.4, -0.2) is 26.1 Å². The molecule has 28 heavy (non-hydrogen) atoms. The topological polar surface area (TPSA) is 77.7 Å². The van der Waals surface area contributed by atoms with Gasteiger partial charge in [-0.1, -0.05) is 42.3 Å². The maximum atomic E-state index is 12.7. The fraction of sp³-hybridized carbons (Fsp3) is 0.333.